The number of carbonyl (C=O) groups is 2. The van der Waals surface area contributed by atoms with Gasteiger partial charge in [-0.2, -0.15) is 0 Å². The van der Waals surface area contributed by atoms with E-state index >= 15 is 0 Å². The third-order valence-electron chi connectivity index (χ3n) is 4.29. The summed E-state index contributed by atoms with van der Waals surface area (Å²) in [6.45, 7) is 4.80. The van der Waals surface area contributed by atoms with E-state index in [1.807, 2.05) is 0 Å². The standard InChI is InChI=1S/C17H23N3O3S/c1-13-3-5-15(6-4-13)24-10-2-7-18-16(21)19-8-9-20-14(11-19)12-23-17(20)22/h3-6,14H,2,7-12H2,1H3,(H,18,21). The first-order chi connectivity index (χ1) is 11.6. The number of nitrogens with zero attached hydrogens (tertiary/aromatic N) is 2. The first kappa shape index (κ1) is 17.0. The average molecular weight is 349 g/mol. The molecule has 3 amide bonds. The largest absolute Gasteiger partial charge is 0.447 e. The van der Waals surface area contributed by atoms with Crippen LogP contribution in [0.4, 0.5) is 9.59 Å². The van der Waals surface area contributed by atoms with Crippen LogP contribution in [-0.2, 0) is 4.74 Å². The van der Waals surface area contributed by atoms with E-state index in [4.69, 9.17) is 4.74 Å². The molecule has 1 aromatic rings. The highest BCUT2D eigenvalue weighted by Crippen LogP contribution is 2.19. The van der Waals surface area contributed by atoms with Crippen LogP contribution in [0, 0.1) is 6.92 Å². The molecule has 0 aliphatic carbocycles. The first-order valence-corrected chi connectivity index (χ1v) is 9.27. The maximum atomic E-state index is 12.2. The highest BCUT2D eigenvalue weighted by atomic mass is 32.2. The Hall–Kier alpha value is -1.89. The fourth-order valence-corrected chi connectivity index (χ4v) is 3.73. The number of ether oxygens (including phenoxy) is 1. The van der Waals surface area contributed by atoms with Gasteiger partial charge in [0.15, 0.2) is 0 Å². The summed E-state index contributed by atoms with van der Waals surface area (Å²) >= 11 is 1.80. The zero-order valence-corrected chi connectivity index (χ0v) is 14.7. The van der Waals surface area contributed by atoms with Crippen LogP contribution in [-0.4, -0.2) is 66.5 Å². The minimum atomic E-state index is -0.256. The second-order valence-electron chi connectivity index (χ2n) is 6.12. The van der Waals surface area contributed by atoms with Crippen LogP contribution in [0.25, 0.3) is 0 Å². The van der Waals surface area contributed by atoms with Gasteiger partial charge >= 0.3 is 12.1 Å². The van der Waals surface area contributed by atoms with Gasteiger partial charge in [-0.25, -0.2) is 9.59 Å². The van der Waals surface area contributed by atoms with Crippen molar-refractivity contribution in [2.24, 2.45) is 0 Å². The Morgan fingerprint density at radius 1 is 1.33 bits per heavy atom. The topological polar surface area (TPSA) is 61.9 Å². The van der Waals surface area contributed by atoms with E-state index in [0.29, 0.717) is 32.8 Å². The van der Waals surface area contributed by atoms with Crippen LogP contribution in [0.5, 0.6) is 0 Å². The number of aryl methyl sites for hydroxylation is 1. The molecule has 0 saturated carbocycles. The minimum absolute atomic E-state index is 0.00842. The molecule has 2 aliphatic rings. The number of hydrogen-bond acceptors (Lipinski definition) is 4. The summed E-state index contributed by atoms with van der Waals surface area (Å²) < 4.78 is 5.02. The highest BCUT2D eigenvalue weighted by Gasteiger charge is 2.38. The molecule has 6 nitrogen and oxygen atoms in total. The summed E-state index contributed by atoms with van der Waals surface area (Å²) in [5, 5.41) is 2.97. The fraction of sp³-hybridized carbons (Fsp3) is 0.529. The van der Waals surface area contributed by atoms with Crippen LogP contribution < -0.4 is 5.32 Å². The van der Waals surface area contributed by atoms with Crippen LogP contribution in [0.3, 0.4) is 0 Å². The van der Waals surface area contributed by atoms with Crippen LogP contribution in [0.1, 0.15) is 12.0 Å². The third kappa shape index (κ3) is 4.14. The molecule has 2 saturated heterocycles. The van der Waals surface area contributed by atoms with E-state index in [2.05, 4.69) is 36.5 Å². The summed E-state index contributed by atoms with van der Waals surface area (Å²) in [5.74, 6) is 0.974. The molecule has 1 atom stereocenters. The predicted molar refractivity (Wildman–Crippen MR) is 93.3 cm³/mol. The van der Waals surface area contributed by atoms with Crippen molar-refractivity contribution in [2.45, 2.75) is 24.3 Å². The maximum Gasteiger partial charge on any atom is 0.410 e. The Labute approximate surface area is 146 Å². The Morgan fingerprint density at radius 3 is 2.92 bits per heavy atom. The van der Waals surface area contributed by atoms with E-state index in [9.17, 15) is 9.59 Å². The van der Waals surface area contributed by atoms with Crippen molar-refractivity contribution in [2.75, 3.05) is 38.5 Å². The molecule has 130 valence electrons. The highest BCUT2D eigenvalue weighted by molar-refractivity contribution is 7.99. The Kier molecular flexibility index (Phi) is 5.50. The van der Waals surface area contributed by atoms with Gasteiger partial charge in [0.05, 0.1) is 6.04 Å². The maximum absolute atomic E-state index is 12.2. The van der Waals surface area contributed by atoms with E-state index in [0.717, 1.165) is 12.2 Å². The SMILES string of the molecule is Cc1ccc(SCCCNC(=O)N2CCN3C(=O)OCC3C2)cc1. The number of urea groups is 1. The molecule has 1 aromatic carbocycles. The summed E-state index contributed by atoms with van der Waals surface area (Å²) in [4.78, 5) is 28.4. The predicted octanol–water partition coefficient (Wildman–Crippen LogP) is 2.32. The Morgan fingerprint density at radius 2 is 2.12 bits per heavy atom. The molecule has 24 heavy (non-hydrogen) atoms. The number of hydrogen-bond donors (Lipinski definition) is 1. The third-order valence-corrected chi connectivity index (χ3v) is 5.39. The van der Waals surface area contributed by atoms with Crippen molar-refractivity contribution < 1.29 is 14.3 Å². The summed E-state index contributed by atoms with van der Waals surface area (Å²) in [7, 11) is 0. The van der Waals surface area contributed by atoms with E-state index in [-0.39, 0.29) is 18.2 Å². The molecule has 1 unspecified atom stereocenters. The fourth-order valence-electron chi connectivity index (χ4n) is 2.88. The van der Waals surface area contributed by atoms with E-state index in [1.54, 1.807) is 21.6 Å². The number of amides is 3. The second-order valence-corrected chi connectivity index (χ2v) is 7.29. The average Bonchev–Trinajstić information content (AvgIpc) is 2.96. The first-order valence-electron chi connectivity index (χ1n) is 8.29. The lowest BCUT2D eigenvalue weighted by molar-refractivity contribution is 0.127. The molecule has 0 aromatic heterocycles. The second kappa shape index (κ2) is 7.79. The number of piperazine rings is 1. The normalized spacial score (nSPS) is 19.9. The van der Waals surface area contributed by atoms with Gasteiger partial charge in [-0.1, -0.05) is 17.7 Å². The van der Waals surface area contributed by atoms with Gasteiger partial charge in [0, 0.05) is 31.1 Å². The molecule has 0 bridgehead atoms. The van der Waals surface area contributed by atoms with E-state index < -0.39 is 0 Å². The molecular formula is C17H23N3O3S. The molecular weight excluding hydrogens is 326 g/mol. The summed E-state index contributed by atoms with van der Waals surface area (Å²) in [6, 6.07) is 8.44. The molecule has 2 heterocycles. The number of fused-ring (bicyclic) bond motifs is 1. The lowest BCUT2D eigenvalue weighted by atomic mass is 10.2. The summed E-state index contributed by atoms with van der Waals surface area (Å²) in [5.41, 5.74) is 1.26. The van der Waals surface area contributed by atoms with Gasteiger partial charge in [-0.3, -0.25) is 4.90 Å². The van der Waals surface area contributed by atoms with Crippen molar-refractivity contribution >= 4 is 23.9 Å². The number of benzene rings is 1. The number of carbonyl (C=O) groups excluding carboxylic acids is 2. The minimum Gasteiger partial charge on any atom is -0.447 e. The van der Waals surface area contributed by atoms with E-state index in [1.165, 1.54) is 10.5 Å². The lowest BCUT2D eigenvalue weighted by Gasteiger charge is -2.35. The molecule has 2 aliphatic heterocycles. The van der Waals surface area contributed by atoms with Crippen molar-refractivity contribution in [3.8, 4) is 0 Å². The van der Waals surface area contributed by atoms with Crippen LogP contribution in [0.15, 0.2) is 29.2 Å². The molecule has 0 radical (unpaired) electrons. The number of nitrogens with one attached hydrogen (secondary N) is 1. The van der Waals surface area contributed by atoms with Gasteiger partial charge in [0.1, 0.15) is 6.61 Å². The molecule has 1 N–H and O–H groups in total. The van der Waals surface area contributed by atoms with Crippen molar-refractivity contribution in [1.82, 2.24) is 15.1 Å². The van der Waals surface area contributed by atoms with Crippen LogP contribution >= 0.6 is 11.8 Å². The zero-order valence-electron chi connectivity index (χ0n) is 13.9. The van der Waals surface area contributed by atoms with Gasteiger partial charge < -0.3 is 15.0 Å². The molecule has 3 rings (SSSR count). The summed E-state index contributed by atoms with van der Waals surface area (Å²) in [6.07, 6.45) is 0.670. The van der Waals surface area contributed by atoms with Gasteiger partial charge in [-0.15, -0.1) is 11.8 Å². The van der Waals surface area contributed by atoms with Crippen molar-refractivity contribution in [1.29, 1.82) is 0 Å². The Bertz CT molecular complexity index is 593. The zero-order chi connectivity index (χ0) is 16.9. The number of cyclic esters (lactones) is 1. The van der Waals surface area contributed by atoms with Crippen LogP contribution in [0.2, 0.25) is 0 Å². The molecule has 0 spiro atoms. The van der Waals surface area contributed by atoms with Crippen molar-refractivity contribution in [3.05, 3.63) is 29.8 Å². The van der Waals surface area contributed by atoms with Gasteiger partial charge in [-0.05, 0) is 31.2 Å². The number of rotatable bonds is 5. The molecule has 2 fully saturated rings. The smallest absolute Gasteiger partial charge is 0.410 e. The van der Waals surface area contributed by atoms with Gasteiger partial charge in [0.25, 0.3) is 0 Å². The molecule has 7 heteroatoms. The Balaban J connectivity index is 1.33. The van der Waals surface area contributed by atoms with Gasteiger partial charge in [0.2, 0.25) is 0 Å². The number of thioether (sulfide) groups is 1. The monoisotopic (exact) mass is 349 g/mol. The lowest BCUT2D eigenvalue weighted by Crippen LogP contribution is -2.56. The quantitative estimate of drug-likeness (QED) is 0.655. The van der Waals surface area contributed by atoms with Crippen molar-refractivity contribution in [3.63, 3.8) is 0 Å².